The van der Waals surface area contributed by atoms with Crippen LogP contribution in [0.5, 0.6) is 0 Å². The zero-order valence-corrected chi connectivity index (χ0v) is 9.70. The van der Waals surface area contributed by atoms with E-state index in [2.05, 4.69) is 0 Å². The summed E-state index contributed by atoms with van der Waals surface area (Å²) < 4.78 is 37.6. The summed E-state index contributed by atoms with van der Waals surface area (Å²) in [5, 5.41) is 0. The highest BCUT2D eigenvalue weighted by Gasteiger charge is 2.33. The van der Waals surface area contributed by atoms with Gasteiger partial charge in [0.2, 0.25) is 0 Å². The zero-order chi connectivity index (χ0) is 11.6. The van der Waals surface area contributed by atoms with Crippen LogP contribution in [-0.4, -0.2) is 11.5 Å². The van der Waals surface area contributed by atoms with Crippen molar-refractivity contribution in [2.45, 2.75) is 30.3 Å². The van der Waals surface area contributed by atoms with Gasteiger partial charge in [0.25, 0.3) is 0 Å². The summed E-state index contributed by atoms with van der Waals surface area (Å²) in [6.45, 7) is 0. The second-order valence-electron chi connectivity index (χ2n) is 3.99. The van der Waals surface area contributed by atoms with Gasteiger partial charge in [-0.2, -0.15) is 13.2 Å². The van der Waals surface area contributed by atoms with Crippen molar-refractivity contribution in [2.75, 3.05) is 11.5 Å². The Balaban J connectivity index is 2.21. The maximum atomic E-state index is 12.5. The van der Waals surface area contributed by atoms with Gasteiger partial charge in [-0.3, -0.25) is 0 Å². The third kappa shape index (κ3) is 2.73. The van der Waals surface area contributed by atoms with Crippen LogP contribution in [0.3, 0.4) is 0 Å². The van der Waals surface area contributed by atoms with Gasteiger partial charge in [-0.25, -0.2) is 0 Å². The molecule has 0 nitrogen and oxygen atoms in total. The standard InChI is InChI=1S/C12H14F3S/c13-12(14,15)10-5-4-6-11(9-10)16-7-2-1-3-8-16/h4-6,9H,1-3,7-8H2/q+1. The van der Waals surface area contributed by atoms with Crippen LogP contribution < -0.4 is 0 Å². The first-order valence-corrected chi connectivity index (χ1v) is 6.98. The van der Waals surface area contributed by atoms with E-state index in [0.29, 0.717) is 0 Å². The SMILES string of the molecule is FC(F)(F)c1cccc([S+]2CCCCC2)c1. The molecule has 1 saturated heterocycles. The molecule has 0 amide bonds. The molecule has 0 N–H and O–H groups in total. The second kappa shape index (κ2) is 4.70. The summed E-state index contributed by atoms with van der Waals surface area (Å²) in [6.07, 6.45) is -0.684. The minimum atomic E-state index is -4.21. The van der Waals surface area contributed by atoms with Gasteiger partial charge in [0.05, 0.1) is 5.56 Å². The van der Waals surface area contributed by atoms with Crippen LogP contribution in [0.2, 0.25) is 0 Å². The average molecular weight is 247 g/mol. The molecule has 4 heteroatoms. The van der Waals surface area contributed by atoms with Gasteiger partial charge in [-0.05, 0) is 31.4 Å². The average Bonchev–Trinajstić information content (AvgIpc) is 2.29. The number of alkyl halides is 3. The predicted octanol–water partition coefficient (Wildman–Crippen LogP) is 3.87. The van der Waals surface area contributed by atoms with Crippen molar-refractivity contribution < 1.29 is 13.2 Å². The van der Waals surface area contributed by atoms with E-state index in [4.69, 9.17) is 0 Å². The van der Waals surface area contributed by atoms with E-state index >= 15 is 0 Å². The Kier molecular flexibility index (Phi) is 3.47. The van der Waals surface area contributed by atoms with Gasteiger partial charge in [0.15, 0.2) is 4.90 Å². The largest absolute Gasteiger partial charge is 0.416 e. The summed E-state index contributed by atoms with van der Waals surface area (Å²) in [7, 11) is 0.0469. The van der Waals surface area contributed by atoms with Gasteiger partial charge < -0.3 is 0 Å². The number of rotatable bonds is 1. The molecule has 16 heavy (non-hydrogen) atoms. The zero-order valence-electron chi connectivity index (χ0n) is 8.89. The van der Waals surface area contributed by atoms with Crippen LogP contribution in [0.15, 0.2) is 29.2 Å². The molecule has 1 aromatic carbocycles. The van der Waals surface area contributed by atoms with Crippen LogP contribution in [0.1, 0.15) is 24.8 Å². The lowest BCUT2D eigenvalue weighted by Gasteiger charge is -2.14. The highest BCUT2D eigenvalue weighted by atomic mass is 32.2. The van der Waals surface area contributed by atoms with E-state index in [1.807, 2.05) is 6.07 Å². The minimum Gasteiger partial charge on any atom is -0.166 e. The first kappa shape index (κ1) is 11.8. The normalized spacial score (nSPS) is 18.7. The molecular formula is C12H14F3S+. The first-order chi connectivity index (χ1) is 7.57. The number of hydrogen-bond donors (Lipinski definition) is 0. The highest BCUT2D eigenvalue weighted by molar-refractivity contribution is 7.96. The number of benzene rings is 1. The lowest BCUT2D eigenvalue weighted by atomic mass is 10.2. The van der Waals surface area contributed by atoms with E-state index in [1.54, 1.807) is 0 Å². The summed E-state index contributed by atoms with van der Waals surface area (Å²) >= 11 is 0. The molecule has 1 aliphatic heterocycles. The maximum absolute atomic E-state index is 12.5. The van der Waals surface area contributed by atoms with E-state index in [9.17, 15) is 13.2 Å². The molecule has 0 spiro atoms. The van der Waals surface area contributed by atoms with Crippen molar-refractivity contribution in [2.24, 2.45) is 0 Å². The Morgan fingerprint density at radius 1 is 1.00 bits per heavy atom. The molecule has 1 aromatic rings. The van der Waals surface area contributed by atoms with E-state index in [-0.39, 0.29) is 10.9 Å². The molecular weight excluding hydrogens is 233 g/mol. The van der Waals surface area contributed by atoms with Crippen molar-refractivity contribution in [1.82, 2.24) is 0 Å². The number of halogens is 3. The van der Waals surface area contributed by atoms with Gasteiger partial charge in [-0.1, -0.05) is 6.07 Å². The van der Waals surface area contributed by atoms with Crippen LogP contribution in [0, 0.1) is 0 Å². The molecule has 1 heterocycles. The molecule has 0 bridgehead atoms. The first-order valence-electron chi connectivity index (χ1n) is 5.42. The van der Waals surface area contributed by atoms with Gasteiger partial charge in [0, 0.05) is 17.0 Å². The lowest BCUT2D eigenvalue weighted by molar-refractivity contribution is -0.137. The fraction of sp³-hybridized carbons (Fsp3) is 0.500. The molecule has 0 aromatic heterocycles. The summed E-state index contributed by atoms with van der Waals surface area (Å²) in [5.74, 6) is 2.11. The number of hydrogen-bond acceptors (Lipinski definition) is 0. The topological polar surface area (TPSA) is 0 Å². The smallest absolute Gasteiger partial charge is 0.166 e. The Hall–Kier alpha value is -0.640. The van der Waals surface area contributed by atoms with E-state index < -0.39 is 11.7 Å². The molecule has 1 aliphatic rings. The van der Waals surface area contributed by atoms with Crippen LogP contribution in [0.25, 0.3) is 0 Å². The quantitative estimate of drug-likeness (QED) is 0.661. The molecule has 1 fully saturated rings. The summed E-state index contributed by atoms with van der Waals surface area (Å²) in [4.78, 5) is 0.884. The van der Waals surface area contributed by atoms with Gasteiger partial charge in [0.1, 0.15) is 11.5 Å². The monoisotopic (exact) mass is 247 g/mol. The third-order valence-corrected chi connectivity index (χ3v) is 5.26. The maximum Gasteiger partial charge on any atom is 0.416 e. The second-order valence-corrected chi connectivity index (χ2v) is 6.26. The molecule has 0 radical (unpaired) electrons. The van der Waals surface area contributed by atoms with Crippen LogP contribution in [-0.2, 0) is 17.1 Å². The van der Waals surface area contributed by atoms with Crippen molar-refractivity contribution in [1.29, 1.82) is 0 Å². The Bertz CT molecular complexity index is 354. The predicted molar refractivity (Wildman–Crippen MR) is 60.7 cm³/mol. The van der Waals surface area contributed by atoms with E-state index in [1.165, 1.54) is 18.6 Å². The molecule has 0 saturated carbocycles. The highest BCUT2D eigenvalue weighted by Crippen LogP contribution is 2.32. The van der Waals surface area contributed by atoms with Crippen molar-refractivity contribution >= 4 is 10.9 Å². The van der Waals surface area contributed by atoms with E-state index in [0.717, 1.165) is 35.3 Å². The summed E-state index contributed by atoms with van der Waals surface area (Å²) in [6, 6.07) is 5.84. The fourth-order valence-corrected chi connectivity index (χ4v) is 4.26. The Labute approximate surface area is 96.2 Å². The lowest BCUT2D eigenvalue weighted by Crippen LogP contribution is -2.18. The van der Waals surface area contributed by atoms with Crippen molar-refractivity contribution in [3.05, 3.63) is 29.8 Å². The molecule has 88 valence electrons. The van der Waals surface area contributed by atoms with Gasteiger partial charge in [-0.15, -0.1) is 0 Å². The summed E-state index contributed by atoms with van der Waals surface area (Å²) in [5.41, 5.74) is -0.511. The van der Waals surface area contributed by atoms with Crippen molar-refractivity contribution in [3.63, 3.8) is 0 Å². The molecule has 0 unspecified atom stereocenters. The fourth-order valence-electron chi connectivity index (χ4n) is 1.92. The Morgan fingerprint density at radius 3 is 2.31 bits per heavy atom. The Morgan fingerprint density at radius 2 is 1.69 bits per heavy atom. The van der Waals surface area contributed by atoms with Crippen molar-refractivity contribution in [3.8, 4) is 0 Å². The molecule has 0 atom stereocenters. The van der Waals surface area contributed by atoms with Gasteiger partial charge >= 0.3 is 6.18 Å². The third-order valence-electron chi connectivity index (χ3n) is 2.78. The molecule has 2 rings (SSSR count). The minimum absolute atomic E-state index is 0.0469. The van der Waals surface area contributed by atoms with Crippen LogP contribution >= 0.6 is 0 Å². The van der Waals surface area contributed by atoms with Crippen LogP contribution in [0.4, 0.5) is 13.2 Å². The molecule has 0 aliphatic carbocycles.